The van der Waals surface area contributed by atoms with Gasteiger partial charge in [0.15, 0.2) is 0 Å². The van der Waals surface area contributed by atoms with Crippen LogP contribution in [0.3, 0.4) is 0 Å². The fourth-order valence-corrected chi connectivity index (χ4v) is 5.13. The van der Waals surface area contributed by atoms with Gasteiger partial charge in [-0.1, -0.05) is 0 Å². The van der Waals surface area contributed by atoms with Crippen molar-refractivity contribution >= 4 is 21.8 Å². The number of aliphatic hydroxyl groups excluding tert-OH is 1. The molecule has 7 heteroatoms. The summed E-state index contributed by atoms with van der Waals surface area (Å²) in [4.78, 5) is 0.0415. The Kier molecular flexibility index (Phi) is 4.73. The van der Waals surface area contributed by atoms with Crippen LogP contribution >= 0.6 is 11.8 Å². The lowest BCUT2D eigenvalue weighted by Crippen LogP contribution is -2.37. The number of nitrogens with zero attached hydrogens (tertiary/aromatic N) is 1. The summed E-state index contributed by atoms with van der Waals surface area (Å²) in [5.74, 6) is 1.18. The molecular formula is C13H18FNO3S2. The Labute approximate surface area is 123 Å². The van der Waals surface area contributed by atoms with Crippen LogP contribution in [0.1, 0.15) is 17.5 Å². The van der Waals surface area contributed by atoms with Gasteiger partial charge < -0.3 is 5.11 Å². The highest BCUT2D eigenvalue weighted by molar-refractivity contribution is 7.99. The summed E-state index contributed by atoms with van der Waals surface area (Å²) in [5.41, 5.74) is 0.238. The van der Waals surface area contributed by atoms with Gasteiger partial charge >= 0.3 is 0 Å². The van der Waals surface area contributed by atoms with Gasteiger partial charge in [-0.15, -0.1) is 0 Å². The highest BCUT2D eigenvalue weighted by Gasteiger charge is 2.31. The zero-order chi connectivity index (χ0) is 14.9. The number of rotatable bonds is 4. The second-order valence-corrected chi connectivity index (χ2v) is 8.06. The minimum Gasteiger partial charge on any atom is -0.392 e. The second-order valence-electron chi connectivity index (χ2n) is 4.91. The molecule has 20 heavy (non-hydrogen) atoms. The summed E-state index contributed by atoms with van der Waals surface area (Å²) in [6, 6.07) is 2.52. The van der Waals surface area contributed by atoms with E-state index in [1.165, 1.54) is 23.4 Å². The van der Waals surface area contributed by atoms with Gasteiger partial charge in [0.1, 0.15) is 5.82 Å². The summed E-state index contributed by atoms with van der Waals surface area (Å²) in [5, 5.41) is 9.13. The maximum atomic E-state index is 13.7. The predicted molar refractivity (Wildman–Crippen MR) is 77.7 cm³/mol. The van der Waals surface area contributed by atoms with Gasteiger partial charge in [0, 0.05) is 24.4 Å². The van der Waals surface area contributed by atoms with E-state index < -0.39 is 22.4 Å². The van der Waals surface area contributed by atoms with Crippen LogP contribution in [0.25, 0.3) is 0 Å². The van der Waals surface area contributed by atoms with Gasteiger partial charge in [-0.05, 0) is 36.8 Å². The van der Waals surface area contributed by atoms with Crippen LogP contribution in [0.5, 0.6) is 0 Å². The number of aryl methyl sites for hydroxylation is 1. The van der Waals surface area contributed by atoms with Gasteiger partial charge in [0.2, 0.25) is 10.0 Å². The number of benzene rings is 1. The molecular weight excluding hydrogens is 301 g/mol. The van der Waals surface area contributed by atoms with Crippen molar-refractivity contribution in [2.24, 2.45) is 0 Å². The molecule has 112 valence electrons. The number of aliphatic hydroxyl groups is 1. The summed E-state index contributed by atoms with van der Waals surface area (Å²) >= 11 is 1.73. The van der Waals surface area contributed by atoms with Gasteiger partial charge in [-0.3, -0.25) is 0 Å². The number of hydrogen-bond donors (Lipinski definition) is 1. The normalized spacial score (nSPS) is 19.8. The van der Waals surface area contributed by atoms with Gasteiger partial charge in [-0.25, -0.2) is 12.8 Å². The Morgan fingerprint density at radius 3 is 2.75 bits per heavy atom. The number of halogens is 1. The lowest BCUT2D eigenvalue weighted by atomic mass is 10.1. The maximum Gasteiger partial charge on any atom is 0.243 e. The molecule has 1 aliphatic heterocycles. The molecule has 0 aromatic heterocycles. The van der Waals surface area contributed by atoms with Gasteiger partial charge in [0.25, 0.3) is 0 Å². The summed E-state index contributed by atoms with van der Waals surface area (Å²) in [6.45, 7) is 0.984. The van der Waals surface area contributed by atoms with Crippen LogP contribution < -0.4 is 0 Å². The van der Waals surface area contributed by atoms with Crippen LogP contribution in [0, 0.1) is 12.7 Å². The van der Waals surface area contributed by atoms with Crippen LogP contribution in [-0.4, -0.2) is 42.4 Å². The maximum absolute atomic E-state index is 13.7. The van der Waals surface area contributed by atoms with Crippen molar-refractivity contribution in [3.05, 3.63) is 29.1 Å². The molecule has 2 rings (SSSR count). The molecule has 1 fully saturated rings. The van der Waals surface area contributed by atoms with E-state index in [1.807, 2.05) is 0 Å². The van der Waals surface area contributed by atoms with Crippen molar-refractivity contribution in [3.8, 4) is 0 Å². The topological polar surface area (TPSA) is 57.6 Å². The predicted octanol–water partition coefficient (Wildman–Crippen LogP) is 1.75. The molecule has 0 amide bonds. The molecule has 4 nitrogen and oxygen atoms in total. The molecule has 0 spiro atoms. The molecule has 0 aliphatic carbocycles. The largest absolute Gasteiger partial charge is 0.392 e. The van der Waals surface area contributed by atoms with Gasteiger partial charge in [0.05, 0.1) is 11.5 Å². The van der Waals surface area contributed by atoms with Crippen molar-refractivity contribution in [2.45, 2.75) is 30.9 Å². The molecule has 0 radical (unpaired) electrons. The van der Waals surface area contributed by atoms with E-state index in [0.29, 0.717) is 0 Å². The summed E-state index contributed by atoms with van der Waals surface area (Å²) in [7, 11) is -2.09. The first-order chi connectivity index (χ1) is 9.37. The third-order valence-corrected chi connectivity index (χ3v) is 6.60. The molecule has 1 N–H and O–H groups in total. The monoisotopic (exact) mass is 319 g/mol. The standard InChI is InChI=1S/C13H18FNO3S2/c1-9-5-12(6-10(7-16)13(9)14)20(17,18)15(2)11-3-4-19-8-11/h5-6,11,16H,3-4,7-8H2,1-2H3. The number of sulfonamides is 1. The van der Waals surface area contributed by atoms with E-state index in [0.717, 1.165) is 17.9 Å². The van der Waals surface area contributed by atoms with Crippen molar-refractivity contribution in [3.63, 3.8) is 0 Å². The van der Waals surface area contributed by atoms with Crippen LogP contribution in [-0.2, 0) is 16.6 Å². The van der Waals surface area contributed by atoms with Crippen LogP contribution in [0.2, 0.25) is 0 Å². The average molecular weight is 319 g/mol. The zero-order valence-electron chi connectivity index (χ0n) is 11.5. The minimum atomic E-state index is -3.65. The van der Waals surface area contributed by atoms with E-state index in [4.69, 9.17) is 5.11 Å². The first-order valence-corrected chi connectivity index (χ1v) is 8.93. The first-order valence-electron chi connectivity index (χ1n) is 6.33. The lowest BCUT2D eigenvalue weighted by molar-refractivity contribution is 0.275. The highest BCUT2D eigenvalue weighted by Crippen LogP contribution is 2.28. The Morgan fingerprint density at radius 2 is 2.20 bits per heavy atom. The highest BCUT2D eigenvalue weighted by atomic mass is 32.2. The third-order valence-electron chi connectivity index (χ3n) is 3.57. The average Bonchev–Trinajstić information content (AvgIpc) is 2.94. The lowest BCUT2D eigenvalue weighted by Gasteiger charge is -2.23. The Hall–Kier alpha value is -0.630. The van der Waals surface area contributed by atoms with Gasteiger partial charge in [-0.2, -0.15) is 16.1 Å². The molecule has 1 unspecified atom stereocenters. The van der Waals surface area contributed by atoms with E-state index in [9.17, 15) is 12.8 Å². The van der Waals surface area contributed by atoms with E-state index in [2.05, 4.69) is 0 Å². The second kappa shape index (κ2) is 6.01. The van der Waals surface area contributed by atoms with Crippen molar-refractivity contribution in [1.82, 2.24) is 4.31 Å². The van der Waals surface area contributed by atoms with Crippen molar-refractivity contribution in [1.29, 1.82) is 0 Å². The molecule has 1 atom stereocenters. The molecule has 0 bridgehead atoms. The Balaban J connectivity index is 2.41. The molecule has 1 aromatic carbocycles. The zero-order valence-corrected chi connectivity index (χ0v) is 13.1. The molecule has 1 heterocycles. The van der Waals surface area contributed by atoms with Crippen LogP contribution in [0.15, 0.2) is 17.0 Å². The molecule has 0 saturated carbocycles. The number of hydrogen-bond acceptors (Lipinski definition) is 4. The fourth-order valence-electron chi connectivity index (χ4n) is 2.24. The molecule has 1 aromatic rings. The quantitative estimate of drug-likeness (QED) is 0.919. The molecule has 1 aliphatic rings. The van der Waals surface area contributed by atoms with E-state index >= 15 is 0 Å². The fraction of sp³-hybridized carbons (Fsp3) is 0.538. The third kappa shape index (κ3) is 2.86. The van der Waals surface area contributed by atoms with Crippen molar-refractivity contribution in [2.75, 3.05) is 18.6 Å². The van der Waals surface area contributed by atoms with Crippen molar-refractivity contribution < 1.29 is 17.9 Å². The van der Waals surface area contributed by atoms with E-state index in [1.54, 1.807) is 18.8 Å². The summed E-state index contributed by atoms with van der Waals surface area (Å²) < 4.78 is 40.2. The minimum absolute atomic E-state index is 0.0118. The summed E-state index contributed by atoms with van der Waals surface area (Å²) in [6.07, 6.45) is 0.827. The smallest absolute Gasteiger partial charge is 0.243 e. The molecule has 1 saturated heterocycles. The Bertz CT molecular complexity index is 598. The SMILES string of the molecule is Cc1cc(S(=O)(=O)N(C)C2CCSC2)cc(CO)c1F. The van der Waals surface area contributed by atoms with E-state index in [-0.39, 0.29) is 22.1 Å². The van der Waals surface area contributed by atoms with Crippen LogP contribution in [0.4, 0.5) is 4.39 Å². The Morgan fingerprint density at radius 1 is 1.50 bits per heavy atom. The number of thioether (sulfide) groups is 1. The first kappa shape index (κ1) is 15.8.